The van der Waals surface area contributed by atoms with Crippen molar-refractivity contribution in [3.05, 3.63) is 35.4 Å². The summed E-state index contributed by atoms with van der Waals surface area (Å²) in [5.74, 6) is -0.0522. The van der Waals surface area contributed by atoms with Crippen molar-refractivity contribution in [2.45, 2.75) is 32.3 Å². The highest BCUT2D eigenvalue weighted by Crippen LogP contribution is 2.19. The number of carbonyl (C=O) groups is 1. The molecule has 1 aromatic rings. The summed E-state index contributed by atoms with van der Waals surface area (Å²) in [6, 6.07) is 8.24. The van der Waals surface area contributed by atoms with Crippen LogP contribution < -0.4 is 0 Å². The van der Waals surface area contributed by atoms with Crippen LogP contribution in [-0.4, -0.2) is 12.1 Å². The van der Waals surface area contributed by atoms with Gasteiger partial charge in [-0.2, -0.15) is 0 Å². The average Bonchev–Trinajstić information content (AvgIpc) is 2.56. The van der Waals surface area contributed by atoms with Gasteiger partial charge in [-0.25, -0.2) is 0 Å². The highest BCUT2D eigenvalue weighted by molar-refractivity contribution is 5.71. The van der Waals surface area contributed by atoms with Gasteiger partial charge in [0.25, 0.3) is 0 Å². The van der Waals surface area contributed by atoms with Crippen LogP contribution in [0, 0.1) is 6.92 Å². The molecule has 2 heteroatoms. The van der Waals surface area contributed by atoms with Gasteiger partial charge in [-0.15, -0.1) is 0 Å². The fourth-order valence-corrected chi connectivity index (χ4v) is 1.81. The summed E-state index contributed by atoms with van der Waals surface area (Å²) in [5.41, 5.74) is 2.56. The summed E-state index contributed by atoms with van der Waals surface area (Å²) in [6.07, 6.45) is 2.41. The molecule has 0 N–H and O–H groups in total. The molecule has 0 aliphatic carbocycles. The monoisotopic (exact) mass is 190 g/mol. The van der Waals surface area contributed by atoms with Gasteiger partial charge in [0.1, 0.15) is 6.10 Å². The standard InChI is InChI=1S/C12H14O2/c1-9-4-2-3-5-10(9)8-11-6-7-12(13)14-11/h2-5,11H,6-8H2,1H3. The minimum absolute atomic E-state index is 0.0522. The zero-order valence-electron chi connectivity index (χ0n) is 8.32. The largest absolute Gasteiger partial charge is 0.462 e. The number of aryl methyl sites for hydroxylation is 1. The molecule has 1 aliphatic rings. The molecule has 1 heterocycles. The lowest BCUT2D eigenvalue weighted by molar-refractivity contribution is -0.141. The van der Waals surface area contributed by atoms with E-state index in [1.165, 1.54) is 11.1 Å². The zero-order valence-corrected chi connectivity index (χ0v) is 8.32. The van der Waals surface area contributed by atoms with Gasteiger partial charge in [0.05, 0.1) is 0 Å². The Hall–Kier alpha value is -1.31. The normalized spacial score (nSPS) is 20.9. The summed E-state index contributed by atoms with van der Waals surface area (Å²) in [7, 11) is 0. The van der Waals surface area contributed by atoms with Crippen molar-refractivity contribution in [1.29, 1.82) is 0 Å². The van der Waals surface area contributed by atoms with Crippen molar-refractivity contribution in [2.24, 2.45) is 0 Å². The number of hydrogen-bond donors (Lipinski definition) is 0. The van der Waals surface area contributed by atoms with Crippen molar-refractivity contribution < 1.29 is 9.53 Å². The van der Waals surface area contributed by atoms with E-state index < -0.39 is 0 Å². The SMILES string of the molecule is Cc1ccccc1CC1CCC(=O)O1. The maximum atomic E-state index is 10.9. The summed E-state index contributed by atoms with van der Waals surface area (Å²) >= 11 is 0. The Bertz CT molecular complexity index is 344. The molecule has 0 saturated carbocycles. The van der Waals surface area contributed by atoms with Crippen molar-refractivity contribution in [2.75, 3.05) is 0 Å². The fraction of sp³-hybridized carbons (Fsp3) is 0.417. The molecular weight excluding hydrogens is 176 g/mol. The predicted octanol–water partition coefficient (Wildman–Crippen LogP) is 2.24. The Morgan fingerprint density at radius 3 is 2.86 bits per heavy atom. The first-order valence-corrected chi connectivity index (χ1v) is 4.99. The molecule has 1 saturated heterocycles. The van der Waals surface area contributed by atoms with E-state index in [-0.39, 0.29) is 12.1 Å². The minimum Gasteiger partial charge on any atom is -0.462 e. The first-order chi connectivity index (χ1) is 6.75. The minimum atomic E-state index is -0.0522. The Morgan fingerprint density at radius 2 is 2.21 bits per heavy atom. The molecule has 0 amide bonds. The van der Waals surface area contributed by atoms with Crippen molar-refractivity contribution in [3.8, 4) is 0 Å². The Morgan fingerprint density at radius 1 is 1.43 bits per heavy atom. The lowest BCUT2D eigenvalue weighted by Gasteiger charge is -2.10. The van der Waals surface area contributed by atoms with Crippen LogP contribution in [0.2, 0.25) is 0 Å². The van der Waals surface area contributed by atoms with Crippen LogP contribution in [0.5, 0.6) is 0 Å². The number of cyclic esters (lactones) is 1. The number of rotatable bonds is 2. The summed E-state index contributed by atoms with van der Waals surface area (Å²) in [4.78, 5) is 10.9. The Labute approximate surface area is 83.9 Å². The van der Waals surface area contributed by atoms with Crippen molar-refractivity contribution in [3.63, 3.8) is 0 Å². The molecule has 1 fully saturated rings. The second-order valence-corrected chi connectivity index (χ2v) is 3.78. The third kappa shape index (κ3) is 1.95. The zero-order chi connectivity index (χ0) is 9.97. The maximum Gasteiger partial charge on any atom is 0.306 e. The van der Waals surface area contributed by atoms with Gasteiger partial charge in [0.2, 0.25) is 0 Å². The molecule has 2 nitrogen and oxygen atoms in total. The second kappa shape index (κ2) is 3.82. The van der Waals surface area contributed by atoms with Gasteiger partial charge < -0.3 is 4.74 Å². The maximum absolute atomic E-state index is 10.9. The summed E-state index contributed by atoms with van der Waals surface area (Å²) < 4.78 is 5.18. The Balaban J connectivity index is 2.04. The van der Waals surface area contributed by atoms with E-state index in [1.807, 2.05) is 12.1 Å². The molecule has 1 aliphatic heterocycles. The lowest BCUT2D eigenvalue weighted by atomic mass is 10.0. The van der Waals surface area contributed by atoms with Crippen LogP contribution in [0.3, 0.4) is 0 Å². The number of hydrogen-bond acceptors (Lipinski definition) is 2. The fourth-order valence-electron chi connectivity index (χ4n) is 1.81. The summed E-state index contributed by atoms with van der Waals surface area (Å²) in [6.45, 7) is 2.09. The van der Waals surface area contributed by atoms with Crippen LogP contribution in [0.25, 0.3) is 0 Å². The topological polar surface area (TPSA) is 26.3 Å². The van der Waals surface area contributed by atoms with E-state index in [1.54, 1.807) is 0 Å². The molecule has 1 aromatic carbocycles. The van der Waals surface area contributed by atoms with Gasteiger partial charge >= 0.3 is 5.97 Å². The molecule has 0 radical (unpaired) electrons. The number of ether oxygens (including phenoxy) is 1. The highest BCUT2D eigenvalue weighted by Gasteiger charge is 2.23. The molecule has 74 valence electrons. The van der Waals surface area contributed by atoms with E-state index in [2.05, 4.69) is 19.1 Å². The van der Waals surface area contributed by atoms with E-state index in [4.69, 9.17) is 4.74 Å². The van der Waals surface area contributed by atoms with E-state index >= 15 is 0 Å². The highest BCUT2D eigenvalue weighted by atomic mass is 16.5. The van der Waals surface area contributed by atoms with Gasteiger partial charge in [-0.3, -0.25) is 4.79 Å². The molecule has 0 aromatic heterocycles. The molecule has 0 bridgehead atoms. The Kier molecular flexibility index (Phi) is 2.53. The van der Waals surface area contributed by atoms with Crippen LogP contribution >= 0.6 is 0 Å². The molecule has 14 heavy (non-hydrogen) atoms. The molecular formula is C12H14O2. The van der Waals surface area contributed by atoms with Crippen LogP contribution in [0.15, 0.2) is 24.3 Å². The molecule has 1 atom stereocenters. The average molecular weight is 190 g/mol. The van der Waals surface area contributed by atoms with E-state index in [0.29, 0.717) is 6.42 Å². The van der Waals surface area contributed by atoms with Gasteiger partial charge in [-0.1, -0.05) is 24.3 Å². The third-order valence-corrected chi connectivity index (χ3v) is 2.68. The number of benzene rings is 1. The number of carbonyl (C=O) groups excluding carboxylic acids is 1. The second-order valence-electron chi connectivity index (χ2n) is 3.78. The summed E-state index contributed by atoms with van der Waals surface area (Å²) in [5, 5.41) is 0. The first-order valence-electron chi connectivity index (χ1n) is 4.99. The first kappa shape index (κ1) is 9.25. The quantitative estimate of drug-likeness (QED) is 0.668. The van der Waals surface area contributed by atoms with E-state index in [0.717, 1.165) is 12.8 Å². The van der Waals surface area contributed by atoms with E-state index in [9.17, 15) is 4.79 Å². The van der Waals surface area contributed by atoms with Crippen LogP contribution in [0.1, 0.15) is 24.0 Å². The van der Waals surface area contributed by atoms with Crippen LogP contribution in [-0.2, 0) is 16.0 Å². The smallest absolute Gasteiger partial charge is 0.306 e. The third-order valence-electron chi connectivity index (χ3n) is 2.68. The molecule has 2 rings (SSSR count). The van der Waals surface area contributed by atoms with Gasteiger partial charge in [0, 0.05) is 12.8 Å². The molecule has 0 spiro atoms. The molecule has 1 unspecified atom stereocenters. The van der Waals surface area contributed by atoms with Gasteiger partial charge in [0.15, 0.2) is 0 Å². The lowest BCUT2D eigenvalue weighted by Crippen LogP contribution is -2.11. The van der Waals surface area contributed by atoms with Gasteiger partial charge in [-0.05, 0) is 24.5 Å². The van der Waals surface area contributed by atoms with Crippen molar-refractivity contribution in [1.82, 2.24) is 0 Å². The number of esters is 1. The van der Waals surface area contributed by atoms with Crippen molar-refractivity contribution >= 4 is 5.97 Å². The van der Waals surface area contributed by atoms with Crippen LogP contribution in [0.4, 0.5) is 0 Å². The predicted molar refractivity (Wildman–Crippen MR) is 54.0 cm³/mol.